The van der Waals surface area contributed by atoms with Crippen LogP contribution >= 0.6 is 0 Å². The predicted molar refractivity (Wildman–Crippen MR) is 106 cm³/mol. The van der Waals surface area contributed by atoms with Gasteiger partial charge in [0.25, 0.3) is 11.7 Å². The monoisotopic (exact) mass is 397 g/mol. The van der Waals surface area contributed by atoms with E-state index in [4.69, 9.17) is 9.84 Å². The Morgan fingerprint density at radius 1 is 1.03 bits per heavy atom. The van der Waals surface area contributed by atoms with E-state index in [-0.39, 0.29) is 43.4 Å². The summed E-state index contributed by atoms with van der Waals surface area (Å²) in [6.45, 7) is 2.13. The summed E-state index contributed by atoms with van der Waals surface area (Å²) in [5.74, 6) is -1.71. The summed E-state index contributed by atoms with van der Waals surface area (Å²) in [5, 5.41) is 29.3. The lowest BCUT2D eigenvalue weighted by Crippen LogP contribution is -2.33. The first-order valence-electron chi connectivity index (χ1n) is 9.27. The molecule has 0 aliphatic carbocycles. The Morgan fingerprint density at radius 2 is 1.69 bits per heavy atom. The second kappa shape index (κ2) is 8.89. The molecule has 7 nitrogen and oxygen atoms in total. The number of aromatic hydroxyl groups is 1. The maximum atomic E-state index is 12.8. The molecule has 0 bridgehead atoms. The SMILES string of the molecule is Cc1ccc(/C(O)=C2\C(=O)C(=O)N(CCOCCO)C2c2ccc(O)cc2)cc1. The van der Waals surface area contributed by atoms with Gasteiger partial charge in [-0.1, -0.05) is 42.0 Å². The van der Waals surface area contributed by atoms with Crippen molar-refractivity contribution in [3.63, 3.8) is 0 Å². The van der Waals surface area contributed by atoms with Crippen LogP contribution in [0.25, 0.3) is 5.76 Å². The predicted octanol–water partition coefficient (Wildman–Crippen LogP) is 2.13. The Labute approximate surface area is 168 Å². The van der Waals surface area contributed by atoms with Crippen molar-refractivity contribution in [3.8, 4) is 5.75 Å². The minimum absolute atomic E-state index is 0.00768. The lowest BCUT2D eigenvalue weighted by atomic mass is 9.95. The lowest BCUT2D eigenvalue weighted by Gasteiger charge is -2.25. The summed E-state index contributed by atoms with van der Waals surface area (Å²) in [4.78, 5) is 26.8. The third-order valence-electron chi connectivity index (χ3n) is 4.79. The van der Waals surface area contributed by atoms with E-state index < -0.39 is 17.7 Å². The van der Waals surface area contributed by atoms with Crippen LogP contribution in [0.2, 0.25) is 0 Å². The largest absolute Gasteiger partial charge is 0.508 e. The molecule has 1 aliphatic rings. The van der Waals surface area contributed by atoms with E-state index in [0.29, 0.717) is 11.1 Å². The maximum absolute atomic E-state index is 12.8. The van der Waals surface area contributed by atoms with Gasteiger partial charge in [0.1, 0.15) is 11.5 Å². The van der Waals surface area contributed by atoms with E-state index in [1.165, 1.54) is 17.0 Å². The number of aliphatic hydroxyl groups is 2. The number of hydrogen-bond acceptors (Lipinski definition) is 6. The normalized spacial score (nSPS) is 18.4. The van der Waals surface area contributed by atoms with E-state index >= 15 is 0 Å². The van der Waals surface area contributed by atoms with Crippen LogP contribution in [0.4, 0.5) is 0 Å². The molecule has 2 aromatic rings. The van der Waals surface area contributed by atoms with Crippen LogP contribution in [-0.4, -0.2) is 58.3 Å². The van der Waals surface area contributed by atoms with E-state index in [1.54, 1.807) is 24.3 Å². The number of phenolic OH excluding ortho intramolecular Hbond substituents is 1. The molecule has 1 saturated heterocycles. The van der Waals surface area contributed by atoms with Gasteiger partial charge in [-0.05, 0) is 24.6 Å². The average Bonchev–Trinajstić information content (AvgIpc) is 2.96. The average molecular weight is 397 g/mol. The Hall–Kier alpha value is -3.16. The number of rotatable bonds is 7. The summed E-state index contributed by atoms with van der Waals surface area (Å²) >= 11 is 0. The fraction of sp³-hybridized carbons (Fsp3) is 0.273. The molecule has 1 fully saturated rings. The molecule has 1 heterocycles. The number of carbonyl (C=O) groups is 2. The Balaban J connectivity index is 2.05. The molecular formula is C22H23NO6. The number of benzene rings is 2. The maximum Gasteiger partial charge on any atom is 0.295 e. The van der Waals surface area contributed by atoms with Crippen LogP contribution in [0.3, 0.4) is 0 Å². The molecule has 0 aromatic heterocycles. The van der Waals surface area contributed by atoms with Crippen molar-refractivity contribution >= 4 is 17.4 Å². The van der Waals surface area contributed by atoms with Crippen LogP contribution in [-0.2, 0) is 14.3 Å². The first-order valence-corrected chi connectivity index (χ1v) is 9.27. The molecular weight excluding hydrogens is 374 g/mol. The van der Waals surface area contributed by atoms with Crippen LogP contribution in [0, 0.1) is 6.92 Å². The summed E-state index contributed by atoms with van der Waals surface area (Å²) in [5.41, 5.74) is 2.01. The van der Waals surface area contributed by atoms with Gasteiger partial charge in [0, 0.05) is 12.1 Å². The number of aliphatic hydroxyl groups excluding tert-OH is 2. The third-order valence-corrected chi connectivity index (χ3v) is 4.79. The highest BCUT2D eigenvalue weighted by Gasteiger charge is 2.45. The Bertz CT molecular complexity index is 917. The number of likely N-dealkylation sites (tertiary alicyclic amines) is 1. The number of nitrogens with zero attached hydrogens (tertiary/aromatic N) is 1. The quantitative estimate of drug-likeness (QED) is 0.286. The molecule has 7 heteroatoms. The highest BCUT2D eigenvalue weighted by Crippen LogP contribution is 2.39. The number of amides is 1. The van der Waals surface area contributed by atoms with Crippen molar-refractivity contribution in [2.75, 3.05) is 26.4 Å². The summed E-state index contributed by atoms with van der Waals surface area (Å²) in [6.07, 6.45) is 0. The van der Waals surface area contributed by atoms with E-state index in [1.807, 2.05) is 19.1 Å². The molecule has 29 heavy (non-hydrogen) atoms. The van der Waals surface area contributed by atoms with Crippen LogP contribution in [0.15, 0.2) is 54.1 Å². The number of Topliss-reactive ketones (excluding diaryl/α,β-unsaturated/α-hetero) is 1. The van der Waals surface area contributed by atoms with E-state index in [0.717, 1.165) is 5.56 Å². The third kappa shape index (κ3) is 4.31. The lowest BCUT2D eigenvalue weighted by molar-refractivity contribution is -0.140. The van der Waals surface area contributed by atoms with Crippen molar-refractivity contribution in [2.45, 2.75) is 13.0 Å². The van der Waals surface area contributed by atoms with Gasteiger partial charge in [-0.2, -0.15) is 0 Å². The first kappa shape index (κ1) is 20.6. The highest BCUT2D eigenvalue weighted by atomic mass is 16.5. The molecule has 0 radical (unpaired) electrons. The zero-order chi connectivity index (χ0) is 21.0. The number of carbonyl (C=O) groups excluding carboxylic acids is 2. The molecule has 1 aliphatic heterocycles. The molecule has 1 atom stereocenters. The van der Waals surface area contributed by atoms with Crippen molar-refractivity contribution in [2.24, 2.45) is 0 Å². The smallest absolute Gasteiger partial charge is 0.295 e. The molecule has 2 aromatic carbocycles. The van der Waals surface area contributed by atoms with Crippen molar-refractivity contribution in [3.05, 3.63) is 70.8 Å². The molecule has 0 saturated carbocycles. The van der Waals surface area contributed by atoms with Crippen LogP contribution in [0.1, 0.15) is 22.7 Å². The number of ether oxygens (including phenoxy) is 1. The molecule has 152 valence electrons. The van der Waals surface area contributed by atoms with Gasteiger partial charge in [0.15, 0.2) is 0 Å². The summed E-state index contributed by atoms with van der Waals surface area (Å²) in [6, 6.07) is 12.3. The van der Waals surface area contributed by atoms with Gasteiger partial charge in [-0.15, -0.1) is 0 Å². The van der Waals surface area contributed by atoms with E-state index in [2.05, 4.69) is 0 Å². The molecule has 3 N–H and O–H groups in total. The summed E-state index contributed by atoms with van der Waals surface area (Å²) < 4.78 is 5.25. The molecule has 1 amide bonds. The molecule has 1 unspecified atom stereocenters. The summed E-state index contributed by atoms with van der Waals surface area (Å²) in [7, 11) is 0. The van der Waals surface area contributed by atoms with Gasteiger partial charge < -0.3 is 25.0 Å². The minimum Gasteiger partial charge on any atom is -0.508 e. The second-order valence-corrected chi connectivity index (χ2v) is 6.79. The zero-order valence-electron chi connectivity index (χ0n) is 16.0. The van der Waals surface area contributed by atoms with E-state index in [9.17, 15) is 19.8 Å². The topological polar surface area (TPSA) is 107 Å². The minimum atomic E-state index is -0.811. The Kier molecular flexibility index (Phi) is 6.31. The standard InChI is InChI=1S/C22H23NO6/c1-14-2-4-16(5-3-14)20(26)18-19(15-6-8-17(25)9-7-15)23(22(28)21(18)27)10-12-29-13-11-24/h2-9,19,24-26H,10-13H2,1H3/b20-18+. The number of hydrogen-bond donors (Lipinski definition) is 3. The van der Waals surface area contributed by atoms with Crippen molar-refractivity contribution in [1.29, 1.82) is 0 Å². The second-order valence-electron chi connectivity index (χ2n) is 6.79. The van der Waals surface area contributed by atoms with Gasteiger partial charge in [-0.3, -0.25) is 9.59 Å². The number of ketones is 1. The highest BCUT2D eigenvalue weighted by molar-refractivity contribution is 6.46. The van der Waals surface area contributed by atoms with Gasteiger partial charge in [0.2, 0.25) is 0 Å². The first-order chi connectivity index (χ1) is 13.9. The Morgan fingerprint density at radius 3 is 2.31 bits per heavy atom. The van der Waals surface area contributed by atoms with Gasteiger partial charge in [0.05, 0.1) is 31.4 Å². The zero-order valence-corrected chi connectivity index (χ0v) is 16.0. The van der Waals surface area contributed by atoms with Crippen molar-refractivity contribution < 1.29 is 29.6 Å². The van der Waals surface area contributed by atoms with Gasteiger partial charge in [-0.25, -0.2) is 0 Å². The number of phenols is 1. The number of aryl methyl sites for hydroxylation is 1. The fourth-order valence-corrected chi connectivity index (χ4v) is 3.31. The van der Waals surface area contributed by atoms with Crippen molar-refractivity contribution in [1.82, 2.24) is 4.90 Å². The van der Waals surface area contributed by atoms with Crippen LogP contribution < -0.4 is 0 Å². The molecule has 3 rings (SSSR count). The fourth-order valence-electron chi connectivity index (χ4n) is 3.31. The van der Waals surface area contributed by atoms with Crippen LogP contribution in [0.5, 0.6) is 5.75 Å². The molecule has 0 spiro atoms. The van der Waals surface area contributed by atoms with Gasteiger partial charge >= 0.3 is 0 Å².